The topological polar surface area (TPSA) is 138 Å². The summed E-state index contributed by atoms with van der Waals surface area (Å²) in [5.74, 6) is -0.442. The fourth-order valence-corrected chi connectivity index (χ4v) is 5.25. The molecule has 1 fully saturated rings. The predicted octanol–water partition coefficient (Wildman–Crippen LogP) is 2.45. The molecule has 2 atom stereocenters. The number of benzene rings is 2. The van der Waals surface area contributed by atoms with Gasteiger partial charge < -0.3 is 20.1 Å². The Bertz CT molecular complexity index is 1260. The number of hydrogen-bond acceptors (Lipinski definition) is 7. The maximum absolute atomic E-state index is 13.2. The number of rotatable bonds is 12. The van der Waals surface area contributed by atoms with Gasteiger partial charge in [0, 0.05) is 6.07 Å². The van der Waals surface area contributed by atoms with E-state index >= 15 is 0 Å². The minimum Gasteiger partial charge on any atom is -0.439 e. The zero-order valence-electron chi connectivity index (χ0n) is 20.2. The van der Waals surface area contributed by atoms with Gasteiger partial charge in [0.25, 0.3) is 0 Å². The van der Waals surface area contributed by atoms with Crippen LogP contribution in [0.3, 0.4) is 0 Å². The number of nitrogens with one attached hydrogen (secondary N) is 2. The van der Waals surface area contributed by atoms with Gasteiger partial charge in [-0.05, 0) is 42.5 Å². The number of ether oxygens (including phenoxy) is 1. The molecule has 1 amide bonds. The predicted molar refractivity (Wildman–Crippen MR) is 139 cm³/mol. The average molecular weight is 523 g/mol. The van der Waals surface area contributed by atoms with Crippen LogP contribution in [-0.4, -0.2) is 48.5 Å². The lowest BCUT2D eigenvalue weighted by Gasteiger charge is -2.30. The molecule has 4 N–H and O–H groups in total. The lowest BCUT2D eigenvalue weighted by Crippen LogP contribution is -2.55. The molecule has 37 heavy (non-hydrogen) atoms. The zero-order valence-corrected chi connectivity index (χ0v) is 21.0. The summed E-state index contributed by atoms with van der Waals surface area (Å²) in [6.07, 6.45) is 4.67. The molecule has 0 bridgehead atoms. The molecule has 0 radical (unpaired) electrons. The van der Waals surface area contributed by atoms with Crippen LogP contribution in [0.4, 0.5) is 0 Å². The lowest BCUT2D eigenvalue weighted by atomic mass is 9.69. The quantitative estimate of drug-likeness (QED) is 0.268. The van der Waals surface area contributed by atoms with Gasteiger partial charge in [-0.15, -0.1) is 0 Å². The lowest BCUT2D eigenvalue weighted by molar-refractivity contribution is -0.123. The highest BCUT2D eigenvalue weighted by Gasteiger charge is 2.34. The Morgan fingerprint density at radius 1 is 1.03 bits per heavy atom. The monoisotopic (exact) mass is 523 g/mol. The second-order valence-corrected chi connectivity index (χ2v) is 10.9. The second-order valence-electron chi connectivity index (χ2n) is 9.17. The van der Waals surface area contributed by atoms with Crippen molar-refractivity contribution < 1.29 is 28.0 Å². The Kier molecular flexibility index (Phi) is 8.93. The molecule has 194 valence electrons. The maximum Gasteiger partial charge on any atom is 0.475 e. The number of carbonyl (C=O) groups excluding carboxylic acids is 1. The molecule has 0 spiro atoms. The smallest absolute Gasteiger partial charge is 0.439 e. The molecule has 1 aliphatic rings. The molecule has 9 nitrogen and oxygen atoms in total. The normalized spacial score (nSPS) is 15.3. The third-order valence-electron chi connectivity index (χ3n) is 6.38. The minimum atomic E-state index is -4.14. The van der Waals surface area contributed by atoms with Gasteiger partial charge in [-0.1, -0.05) is 67.8 Å². The van der Waals surface area contributed by atoms with Gasteiger partial charge in [-0.25, -0.2) is 13.4 Å². The van der Waals surface area contributed by atoms with Crippen molar-refractivity contribution in [2.75, 3.05) is 0 Å². The van der Waals surface area contributed by atoms with Crippen LogP contribution in [0.15, 0.2) is 83.9 Å². The number of hydrogen-bond donors (Lipinski definition) is 4. The number of aromatic nitrogens is 1. The summed E-state index contributed by atoms with van der Waals surface area (Å²) in [5.41, 5.74) is 0.746. The number of nitrogens with zero attached hydrogens (tertiary/aromatic N) is 1. The standard InChI is InChI=1S/C26H30BN3O6S/c31-26(29-24(27(32)33)17-20-10-7-11-20)23(16-19-8-3-1-4-9-19)30-37(34,35)22-14-15-25(28-18-22)36-21-12-5-2-6-13-21/h1-6,8-9,12-15,18,20,23-24,30,32-33H,7,10-11,16-17H2,(H,29,31). The van der Waals surface area contributed by atoms with E-state index < -0.39 is 35.0 Å². The van der Waals surface area contributed by atoms with Gasteiger partial charge in [0.05, 0.1) is 12.1 Å². The summed E-state index contributed by atoms with van der Waals surface area (Å²) in [4.78, 5) is 17.2. The number of carbonyl (C=O) groups is 1. The van der Waals surface area contributed by atoms with E-state index in [4.69, 9.17) is 4.74 Å². The van der Waals surface area contributed by atoms with Crippen molar-refractivity contribution in [2.45, 2.75) is 49.0 Å². The molecule has 0 saturated heterocycles. The fourth-order valence-electron chi connectivity index (χ4n) is 4.11. The first-order valence-electron chi connectivity index (χ1n) is 12.2. The fraction of sp³-hybridized carbons (Fsp3) is 0.308. The summed E-state index contributed by atoms with van der Waals surface area (Å²) in [7, 11) is -5.89. The third-order valence-corrected chi connectivity index (χ3v) is 7.84. The van der Waals surface area contributed by atoms with E-state index in [1.54, 1.807) is 36.4 Å². The molecule has 0 aliphatic heterocycles. The second kappa shape index (κ2) is 12.3. The van der Waals surface area contributed by atoms with Crippen LogP contribution in [-0.2, 0) is 21.2 Å². The van der Waals surface area contributed by atoms with E-state index in [1.807, 2.05) is 24.3 Å². The van der Waals surface area contributed by atoms with E-state index in [1.165, 1.54) is 12.1 Å². The molecule has 1 aliphatic carbocycles. The summed E-state index contributed by atoms with van der Waals surface area (Å²) in [6, 6.07) is 19.6. The first kappa shape index (κ1) is 26.8. The molecule has 3 aromatic rings. The highest BCUT2D eigenvalue weighted by Crippen LogP contribution is 2.30. The first-order valence-corrected chi connectivity index (χ1v) is 13.7. The molecule has 1 saturated carbocycles. The van der Waals surface area contributed by atoms with Crippen molar-refractivity contribution in [2.24, 2.45) is 5.92 Å². The van der Waals surface area contributed by atoms with Gasteiger partial charge in [-0.2, -0.15) is 4.72 Å². The number of para-hydroxylation sites is 1. The largest absolute Gasteiger partial charge is 0.475 e. The molecular weight excluding hydrogens is 493 g/mol. The average Bonchev–Trinajstić information content (AvgIpc) is 2.86. The van der Waals surface area contributed by atoms with Crippen molar-refractivity contribution in [3.63, 3.8) is 0 Å². The number of sulfonamides is 1. The van der Waals surface area contributed by atoms with E-state index in [2.05, 4.69) is 15.0 Å². The van der Waals surface area contributed by atoms with Gasteiger partial charge >= 0.3 is 7.12 Å². The van der Waals surface area contributed by atoms with Crippen molar-refractivity contribution in [1.82, 2.24) is 15.0 Å². The Morgan fingerprint density at radius 3 is 2.27 bits per heavy atom. The maximum atomic E-state index is 13.2. The van der Waals surface area contributed by atoms with E-state index in [9.17, 15) is 23.3 Å². The van der Waals surface area contributed by atoms with E-state index in [-0.39, 0.29) is 17.2 Å². The van der Waals surface area contributed by atoms with Crippen LogP contribution in [0.2, 0.25) is 0 Å². The Balaban J connectivity index is 1.49. The highest BCUT2D eigenvalue weighted by atomic mass is 32.2. The Labute approximate surface area is 217 Å². The molecule has 1 heterocycles. The summed E-state index contributed by atoms with van der Waals surface area (Å²) in [6.45, 7) is 0. The van der Waals surface area contributed by atoms with E-state index in [0.717, 1.165) is 31.0 Å². The van der Waals surface area contributed by atoms with Crippen LogP contribution < -0.4 is 14.8 Å². The molecule has 2 aromatic carbocycles. The van der Waals surface area contributed by atoms with Gasteiger partial charge in [0.15, 0.2) is 0 Å². The van der Waals surface area contributed by atoms with Crippen LogP contribution in [0.1, 0.15) is 31.2 Å². The SMILES string of the molecule is O=C(NC(CC1CCC1)B(O)O)C(Cc1ccccc1)NS(=O)(=O)c1ccc(Oc2ccccc2)nc1. The Hall–Kier alpha value is -3.25. The molecule has 1 aromatic heterocycles. The number of pyridine rings is 1. The summed E-state index contributed by atoms with van der Waals surface area (Å²) in [5, 5.41) is 22.3. The minimum absolute atomic E-state index is 0.0756. The summed E-state index contributed by atoms with van der Waals surface area (Å²) >= 11 is 0. The highest BCUT2D eigenvalue weighted by molar-refractivity contribution is 7.89. The van der Waals surface area contributed by atoms with Crippen molar-refractivity contribution in [3.8, 4) is 11.6 Å². The first-order chi connectivity index (χ1) is 17.8. The Morgan fingerprint density at radius 2 is 1.70 bits per heavy atom. The van der Waals surface area contributed by atoms with E-state index in [0.29, 0.717) is 18.1 Å². The third kappa shape index (κ3) is 7.62. The van der Waals surface area contributed by atoms with Crippen molar-refractivity contribution >= 4 is 23.0 Å². The zero-order chi connectivity index (χ0) is 26.3. The van der Waals surface area contributed by atoms with Crippen LogP contribution in [0.25, 0.3) is 0 Å². The van der Waals surface area contributed by atoms with Gasteiger partial charge in [0.1, 0.15) is 16.7 Å². The number of amides is 1. The summed E-state index contributed by atoms with van der Waals surface area (Å²) < 4.78 is 34.5. The van der Waals surface area contributed by atoms with Crippen LogP contribution >= 0.6 is 0 Å². The van der Waals surface area contributed by atoms with Crippen molar-refractivity contribution in [3.05, 3.63) is 84.6 Å². The van der Waals surface area contributed by atoms with Gasteiger partial charge in [-0.3, -0.25) is 4.79 Å². The molecule has 2 unspecified atom stereocenters. The van der Waals surface area contributed by atoms with Crippen molar-refractivity contribution in [1.29, 1.82) is 0 Å². The van der Waals surface area contributed by atoms with Gasteiger partial charge in [0.2, 0.25) is 21.8 Å². The molecule has 11 heteroatoms. The van der Waals surface area contributed by atoms with Crippen LogP contribution in [0.5, 0.6) is 11.6 Å². The molecule has 4 rings (SSSR count). The van der Waals surface area contributed by atoms with Crippen LogP contribution in [0, 0.1) is 5.92 Å². The molecular formula is C26H30BN3O6S.